The average Bonchev–Trinajstić information content (AvgIpc) is 3.36. The minimum absolute atomic E-state index is 0.169. The fourth-order valence-electron chi connectivity index (χ4n) is 4.23. The number of thiazole rings is 1. The van der Waals surface area contributed by atoms with Gasteiger partial charge in [-0.3, -0.25) is 9.69 Å². The minimum atomic E-state index is -3.64. The quantitative estimate of drug-likeness (QED) is 0.362. The first kappa shape index (κ1) is 27.5. The molecule has 0 atom stereocenters. The molecule has 2 heterocycles. The Balaban J connectivity index is 1.64. The lowest BCUT2D eigenvalue weighted by Gasteiger charge is -2.26. The number of fused-ring (bicyclic) bond motifs is 1. The molecule has 37 heavy (non-hydrogen) atoms. The lowest BCUT2D eigenvalue weighted by Crippen LogP contribution is -2.40. The van der Waals surface area contributed by atoms with Crippen molar-refractivity contribution in [2.75, 3.05) is 64.0 Å². The zero-order valence-electron chi connectivity index (χ0n) is 21.6. The normalized spacial score (nSPS) is 14.8. The van der Waals surface area contributed by atoms with Crippen molar-refractivity contribution in [3.63, 3.8) is 0 Å². The molecule has 0 aliphatic carbocycles. The molecular weight excluding hydrogens is 512 g/mol. The van der Waals surface area contributed by atoms with Crippen molar-refractivity contribution in [1.82, 2.24) is 14.2 Å². The Kier molecular flexibility index (Phi) is 9.14. The van der Waals surface area contributed by atoms with Crippen molar-refractivity contribution in [3.05, 3.63) is 48.0 Å². The number of nitrogens with zero attached hydrogens (tertiary/aromatic N) is 4. The van der Waals surface area contributed by atoms with Gasteiger partial charge in [-0.15, -0.1) is 0 Å². The first-order valence-corrected chi connectivity index (χ1v) is 14.9. The van der Waals surface area contributed by atoms with E-state index in [1.807, 2.05) is 25.1 Å². The number of morpholine rings is 1. The summed E-state index contributed by atoms with van der Waals surface area (Å²) in [5.41, 5.74) is 1.14. The van der Waals surface area contributed by atoms with Crippen LogP contribution in [0.3, 0.4) is 0 Å². The number of hydrogen-bond acceptors (Lipinski definition) is 8. The summed E-state index contributed by atoms with van der Waals surface area (Å²) in [5, 5.41) is 0.587. The maximum absolute atomic E-state index is 13.8. The number of aromatic nitrogens is 1. The Morgan fingerprint density at radius 2 is 1.76 bits per heavy atom. The van der Waals surface area contributed by atoms with Crippen molar-refractivity contribution in [3.8, 4) is 5.75 Å². The van der Waals surface area contributed by atoms with E-state index in [0.29, 0.717) is 62.4 Å². The average molecular weight is 547 g/mol. The number of para-hydroxylation sites is 1. The van der Waals surface area contributed by atoms with Crippen molar-refractivity contribution in [1.29, 1.82) is 0 Å². The Hall–Kier alpha value is -2.57. The highest BCUT2D eigenvalue weighted by atomic mass is 32.2. The fraction of sp³-hybridized carbons (Fsp3) is 0.462. The molecule has 0 radical (unpaired) electrons. The van der Waals surface area contributed by atoms with Crippen LogP contribution in [0, 0.1) is 0 Å². The van der Waals surface area contributed by atoms with E-state index in [0.717, 1.165) is 23.3 Å². The molecular formula is C26H34N4O5S2. The number of ether oxygens (including phenoxy) is 2. The maximum atomic E-state index is 13.8. The molecule has 9 nitrogen and oxygen atoms in total. The summed E-state index contributed by atoms with van der Waals surface area (Å²) in [5.74, 6) is 0.468. The summed E-state index contributed by atoms with van der Waals surface area (Å²) >= 11 is 1.44. The van der Waals surface area contributed by atoms with Gasteiger partial charge in [-0.05, 0) is 56.4 Å². The molecule has 2 aromatic carbocycles. The number of sulfonamides is 1. The molecule has 1 aliphatic heterocycles. The fourth-order valence-corrected chi connectivity index (χ4v) is 6.64. The van der Waals surface area contributed by atoms with E-state index in [4.69, 9.17) is 14.5 Å². The lowest BCUT2D eigenvalue weighted by molar-refractivity contribution is 0.0730. The van der Waals surface area contributed by atoms with Gasteiger partial charge in [0.05, 0.1) is 29.4 Å². The minimum Gasteiger partial charge on any atom is -0.492 e. The molecule has 1 aliphatic rings. The van der Waals surface area contributed by atoms with Crippen LogP contribution in [0.1, 0.15) is 31.1 Å². The van der Waals surface area contributed by atoms with Crippen molar-refractivity contribution in [2.45, 2.75) is 25.7 Å². The van der Waals surface area contributed by atoms with Crippen molar-refractivity contribution < 1.29 is 22.7 Å². The molecule has 3 aromatic rings. The van der Waals surface area contributed by atoms with Crippen LogP contribution in [0.4, 0.5) is 5.13 Å². The second-order valence-corrected chi connectivity index (χ2v) is 11.5. The van der Waals surface area contributed by atoms with Crippen molar-refractivity contribution >= 4 is 42.6 Å². The van der Waals surface area contributed by atoms with Gasteiger partial charge in [0, 0.05) is 31.7 Å². The number of anilines is 1. The molecule has 1 aromatic heterocycles. The first-order valence-electron chi connectivity index (χ1n) is 12.6. The second-order valence-electron chi connectivity index (χ2n) is 8.56. The standard InChI is InChI=1S/C26H34N4O5S2/c1-4-28(5-2)14-15-30(26-27-24-22(35-6-3)8-7-9-23(24)36-26)25(31)20-10-12-21(13-11-20)37(32,33)29-16-18-34-19-17-29/h7-13H,4-6,14-19H2,1-3H3. The largest absolute Gasteiger partial charge is 0.492 e. The molecule has 4 rings (SSSR count). The third-order valence-corrected chi connectivity index (χ3v) is 9.35. The highest BCUT2D eigenvalue weighted by molar-refractivity contribution is 7.89. The van der Waals surface area contributed by atoms with Gasteiger partial charge in [-0.25, -0.2) is 13.4 Å². The number of benzene rings is 2. The van der Waals surface area contributed by atoms with Gasteiger partial charge in [0.1, 0.15) is 11.3 Å². The number of carbonyl (C=O) groups excluding carboxylic acids is 1. The molecule has 0 spiro atoms. The molecule has 0 unspecified atom stereocenters. The monoisotopic (exact) mass is 546 g/mol. The zero-order valence-corrected chi connectivity index (χ0v) is 23.2. The second kappa shape index (κ2) is 12.3. The van der Waals surface area contributed by atoms with Gasteiger partial charge in [0.15, 0.2) is 5.13 Å². The Bertz CT molecular complexity index is 1300. The van der Waals surface area contributed by atoms with E-state index in [-0.39, 0.29) is 10.8 Å². The summed E-state index contributed by atoms with van der Waals surface area (Å²) in [6.45, 7) is 10.9. The summed E-state index contributed by atoms with van der Waals surface area (Å²) in [7, 11) is -3.64. The van der Waals surface area contributed by atoms with Gasteiger partial charge in [0.25, 0.3) is 5.91 Å². The van der Waals surface area contributed by atoms with E-state index >= 15 is 0 Å². The van der Waals surface area contributed by atoms with Crippen LogP contribution in [-0.4, -0.2) is 87.6 Å². The first-order chi connectivity index (χ1) is 17.9. The molecule has 200 valence electrons. The van der Waals surface area contributed by atoms with Crippen LogP contribution in [0.5, 0.6) is 5.75 Å². The highest BCUT2D eigenvalue weighted by Gasteiger charge is 2.27. The Morgan fingerprint density at radius 1 is 1.05 bits per heavy atom. The number of rotatable bonds is 11. The summed E-state index contributed by atoms with van der Waals surface area (Å²) < 4.78 is 39.4. The van der Waals surface area contributed by atoms with Crippen LogP contribution in [0.2, 0.25) is 0 Å². The molecule has 0 bridgehead atoms. The van der Waals surface area contributed by atoms with Crippen LogP contribution in [0.25, 0.3) is 10.2 Å². The zero-order chi connectivity index (χ0) is 26.4. The predicted octanol–water partition coefficient (Wildman–Crippen LogP) is 3.70. The van der Waals surface area contributed by atoms with E-state index in [1.54, 1.807) is 17.0 Å². The molecule has 0 N–H and O–H groups in total. The summed E-state index contributed by atoms with van der Waals surface area (Å²) in [6.07, 6.45) is 0. The molecule has 1 fully saturated rings. The Morgan fingerprint density at radius 3 is 2.41 bits per heavy atom. The van der Waals surface area contributed by atoms with E-state index < -0.39 is 10.0 Å². The number of hydrogen-bond donors (Lipinski definition) is 0. The van der Waals surface area contributed by atoms with Gasteiger partial charge >= 0.3 is 0 Å². The van der Waals surface area contributed by atoms with Gasteiger partial charge in [-0.2, -0.15) is 4.31 Å². The maximum Gasteiger partial charge on any atom is 0.260 e. The van der Waals surface area contributed by atoms with Crippen LogP contribution < -0.4 is 9.64 Å². The smallest absolute Gasteiger partial charge is 0.260 e. The predicted molar refractivity (Wildman–Crippen MR) is 146 cm³/mol. The van der Waals surface area contributed by atoms with Gasteiger partial charge in [0.2, 0.25) is 10.0 Å². The highest BCUT2D eigenvalue weighted by Crippen LogP contribution is 2.35. The van der Waals surface area contributed by atoms with E-state index in [2.05, 4.69) is 18.7 Å². The molecule has 0 saturated carbocycles. The van der Waals surface area contributed by atoms with E-state index in [1.165, 1.54) is 27.8 Å². The van der Waals surface area contributed by atoms with Crippen LogP contribution >= 0.6 is 11.3 Å². The molecule has 11 heteroatoms. The molecule has 1 saturated heterocycles. The van der Waals surface area contributed by atoms with E-state index in [9.17, 15) is 13.2 Å². The lowest BCUT2D eigenvalue weighted by atomic mass is 10.2. The van der Waals surface area contributed by atoms with Crippen molar-refractivity contribution in [2.24, 2.45) is 0 Å². The summed E-state index contributed by atoms with van der Waals surface area (Å²) in [6, 6.07) is 11.9. The third-order valence-electron chi connectivity index (χ3n) is 6.39. The van der Waals surface area contributed by atoms with Crippen LogP contribution in [-0.2, 0) is 14.8 Å². The van der Waals surface area contributed by atoms with Gasteiger partial charge in [-0.1, -0.05) is 31.3 Å². The number of carbonyl (C=O) groups is 1. The third kappa shape index (κ3) is 6.12. The van der Waals surface area contributed by atoms with Gasteiger partial charge < -0.3 is 14.4 Å². The number of likely N-dealkylation sites (N-methyl/N-ethyl adjacent to an activating group) is 1. The summed E-state index contributed by atoms with van der Waals surface area (Å²) in [4.78, 5) is 22.6. The SMILES string of the molecule is CCOc1cccc2sc(N(CCN(CC)CC)C(=O)c3ccc(S(=O)(=O)N4CCOCC4)cc3)nc12. The molecule has 1 amide bonds. The number of amides is 1. The van der Waals surface area contributed by atoms with Crippen LogP contribution in [0.15, 0.2) is 47.4 Å². The Labute approximate surface area is 222 Å². The topological polar surface area (TPSA) is 92.3 Å².